The third-order valence-corrected chi connectivity index (χ3v) is 6.18. The highest BCUT2D eigenvalue weighted by atomic mass is 16.6. The molecule has 0 radical (unpaired) electrons. The summed E-state index contributed by atoms with van der Waals surface area (Å²) in [6, 6.07) is 0. The topological polar surface area (TPSA) is 85.4 Å². The second-order valence-electron chi connectivity index (χ2n) is 9.88. The molecule has 0 aromatic carbocycles. The van der Waals surface area contributed by atoms with Gasteiger partial charge in [0, 0.05) is 12.8 Å². The van der Waals surface area contributed by atoms with E-state index in [9.17, 15) is 14.7 Å². The Labute approximate surface area is 236 Å². The molecule has 1 aliphatic rings. The maximum Gasteiger partial charge on any atom is 0.306 e. The highest BCUT2D eigenvalue weighted by molar-refractivity contribution is 5.70. The van der Waals surface area contributed by atoms with Crippen LogP contribution in [-0.4, -0.2) is 48.6 Å². The van der Waals surface area contributed by atoms with Crippen LogP contribution in [0.15, 0.2) is 60.8 Å². The number of hydrogen-bond acceptors (Lipinski definition) is 6. The van der Waals surface area contributed by atoms with Gasteiger partial charge >= 0.3 is 11.9 Å². The minimum atomic E-state index is -0.994. The summed E-state index contributed by atoms with van der Waals surface area (Å²) < 4.78 is 15.7. The minimum Gasteiger partial charge on any atom is -0.463 e. The summed E-state index contributed by atoms with van der Waals surface area (Å²) >= 11 is 0. The summed E-state index contributed by atoms with van der Waals surface area (Å²) in [4.78, 5) is 23.5. The number of aliphatic hydroxyl groups excluding tert-OH is 1. The summed E-state index contributed by atoms with van der Waals surface area (Å²) in [7, 11) is 0. The summed E-state index contributed by atoms with van der Waals surface area (Å²) in [6.45, 7) is 3.98. The number of carbonyl (C=O) groups is 2. The number of ether oxygens (including phenoxy) is 3. The maximum absolute atomic E-state index is 11.8. The first kappa shape index (κ1) is 34.6. The van der Waals surface area contributed by atoms with Crippen LogP contribution in [0, 0.1) is 0 Å². The third kappa shape index (κ3) is 22.1. The molecule has 1 fully saturated rings. The fraction of sp³-hybridized carbons (Fsp3) is 0.636. The molecule has 0 bridgehead atoms. The van der Waals surface area contributed by atoms with Gasteiger partial charge in [-0.15, -0.1) is 0 Å². The lowest BCUT2D eigenvalue weighted by atomic mass is 10.1. The molecule has 220 valence electrons. The first-order valence-corrected chi connectivity index (χ1v) is 15.0. The van der Waals surface area contributed by atoms with Gasteiger partial charge in [-0.3, -0.25) is 9.59 Å². The zero-order valence-corrected chi connectivity index (χ0v) is 24.3. The van der Waals surface area contributed by atoms with Crippen molar-refractivity contribution in [2.75, 3.05) is 13.2 Å². The van der Waals surface area contributed by atoms with Gasteiger partial charge in [0.05, 0.1) is 12.2 Å². The number of epoxide rings is 1. The number of rotatable bonds is 24. The van der Waals surface area contributed by atoms with E-state index in [1.54, 1.807) is 0 Å². The standard InChI is InChI=1S/C33H52O6/c1-3-5-7-16-21-25-32(35)37-27-29(34)28-38-33(36)26-22-18-15-13-11-9-8-10-12-14-17-20-24-31-30(39-31)23-19-6-4-2/h6,9-12,15,17-20,29-31,34H,3-5,7-8,13-14,16,21-28H2,1-2H3/b11-9-,12-10-,18-15-,19-6-,20-17-/t29-,30?,31?/m1/s1. The quantitative estimate of drug-likeness (QED) is 0.0587. The van der Waals surface area contributed by atoms with Crippen molar-refractivity contribution in [3.05, 3.63) is 60.8 Å². The van der Waals surface area contributed by atoms with Crippen LogP contribution in [0.2, 0.25) is 0 Å². The van der Waals surface area contributed by atoms with Crippen LogP contribution < -0.4 is 0 Å². The molecule has 1 aliphatic heterocycles. The summed E-state index contributed by atoms with van der Waals surface area (Å²) in [5.41, 5.74) is 0. The molecule has 1 N–H and O–H groups in total. The molecule has 0 aromatic heterocycles. The molecular formula is C33H52O6. The van der Waals surface area contributed by atoms with Gasteiger partial charge in [0.25, 0.3) is 0 Å². The van der Waals surface area contributed by atoms with E-state index >= 15 is 0 Å². The van der Waals surface area contributed by atoms with Crippen molar-refractivity contribution in [2.45, 2.75) is 122 Å². The Morgan fingerprint density at radius 1 is 0.692 bits per heavy atom. The van der Waals surface area contributed by atoms with Crippen molar-refractivity contribution in [3.63, 3.8) is 0 Å². The lowest BCUT2D eigenvalue weighted by Crippen LogP contribution is -2.25. The van der Waals surface area contributed by atoms with E-state index in [1.165, 1.54) is 6.42 Å². The average Bonchev–Trinajstić information content (AvgIpc) is 3.68. The highest BCUT2D eigenvalue weighted by Gasteiger charge is 2.35. The van der Waals surface area contributed by atoms with Crippen LogP contribution in [0.5, 0.6) is 0 Å². The smallest absolute Gasteiger partial charge is 0.306 e. The van der Waals surface area contributed by atoms with Gasteiger partial charge in [-0.1, -0.05) is 100 Å². The molecular weight excluding hydrogens is 492 g/mol. The summed E-state index contributed by atoms with van der Waals surface area (Å²) in [5.74, 6) is -0.687. The van der Waals surface area contributed by atoms with Gasteiger partial charge in [0.1, 0.15) is 19.3 Å². The molecule has 1 rings (SSSR count). The van der Waals surface area contributed by atoms with Crippen molar-refractivity contribution < 1.29 is 28.9 Å². The average molecular weight is 545 g/mol. The van der Waals surface area contributed by atoms with Crippen LogP contribution in [0.4, 0.5) is 0 Å². The normalized spacial score (nSPS) is 18.2. The van der Waals surface area contributed by atoms with Crippen LogP contribution in [-0.2, 0) is 23.8 Å². The second-order valence-corrected chi connectivity index (χ2v) is 9.88. The predicted octanol–water partition coefficient (Wildman–Crippen LogP) is 7.48. The molecule has 3 atom stereocenters. The molecule has 6 nitrogen and oxygen atoms in total. The molecule has 0 aromatic rings. The minimum absolute atomic E-state index is 0.146. The Hall–Kier alpha value is -2.44. The monoisotopic (exact) mass is 544 g/mol. The molecule has 0 saturated carbocycles. The van der Waals surface area contributed by atoms with E-state index in [0.717, 1.165) is 64.2 Å². The Balaban J connectivity index is 1.94. The van der Waals surface area contributed by atoms with Gasteiger partial charge in [0.2, 0.25) is 0 Å². The van der Waals surface area contributed by atoms with Gasteiger partial charge < -0.3 is 19.3 Å². The van der Waals surface area contributed by atoms with Gasteiger partial charge in [0.15, 0.2) is 0 Å². The first-order chi connectivity index (χ1) is 19.1. The molecule has 0 amide bonds. The van der Waals surface area contributed by atoms with Crippen LogP contribution in [0.25, 0.3) is 0 Å². The number of allylic oxidation sites excluding steroid dienone is 8. The number of esters is 2. The van der Waals surface area contributed by atoms with E-state index in [0.29, 0.717) is 25.0 Å². The largest absolute Gasteiger partial charge is 0.463 e. The lowest BCUT2D eigenvalue weighted by molar-refractivity contribution is -0.152. The van der Waals surface area contributed by atoms with Crippen LogP contribution in [0.3, 0.4) is 0 Å². The Morgan fingerprint density at radius 3 is 1.79 bits per heavy atom. The fourth-order valence-corrected chi connectivity index (χ4v) is 3.80. The zero-order chi connectivity index (χ0) is 28.4. The number of unbranched alkanes of at least 4 members (excludes halogenated alkanes) is 4. The van der Waals surface area contributed by atoms with Gasteiger partial charge in [-0.2, -0.15) is 0 Å². The highest BCUT2D eigenvalue weighted by Crippen LogP contribution is 2.29. The molecule has 2 unspecified atom stereocenters. The summed E-state index contributed by atoms with van der Waals surface area (Å²) in [6.07, 6.45) is 33.5. The van der Waals surface area contributed by atoms with Crippen LogP contribution >= 0.6 is 0 Å². The number of carbonyl (C=O) groups excluding carboxylic acids is 2. The molecule has 1 heterocycles. The van der Waals surface area contributed by atoms with Crippen molar-refractivity contribution >= 4 is 11.9 Å². The first-order valence-electron chi connectivity index (χ1n) is 15.0. The SMILES string of the molecule is CC/C=C\CC1OC1C/C=C\C/C=C\C/C=C\C/C=C\CCC(=O)OC[C@H](O)COC(=O)CCCCCCC. The number of aliphatic hydroxyl groups is 1. The Kier molecular flexibility index (Phi) is 21.8. The lowest BCUT2D eigenvalue weighted by Gasteiger charge is -2.11. The Bertz CT molecular complexity index is 779. The molecule has 0 aliphatic carbocycles. The number of hydrogen-bond donors (Lipinski definition) is 1. The van der Waals surface area contributed by atoms with E-state index in [2.05, 4.69) is 62.5 Å². The van der Waals surface area contributed by atoms with E-state index < -0.39 is 6.10 Å². The van der Waals surface area contributed by atoms with E-state index in [-0.39, 0.29) is 31.6 Å². The van der Waals surface area contributed by atoms with E-state index in [1.807, 2.05) is 12.2 Å². The Morgan fingerprint density at radius 2 is 1.21 bits per heavy atom. The third-order valence-electron chi connectivity index (χ3n) is 6.18. The predicted molar refractivity (Wildman–Crippen MR) is 158 cm³/mol. The van der Waals surface area contributed by atoms with Crippen molar-refractivity contribution in [1.82, 2.24) is 0 Å². The van der Waals surface area contributed by atoms with Gasteiger partial charge in [-0.05, 0) is 51.4 Å². The fourth-order valence-electron chi connectivity index (χ4n) is 3.80. The van der Waals surface area contributed by atoms with Crippen molar-refractivity contribution in [2.24, 2.45) is 0 Å². The molecule has 1 saturated heterocycles. The van der Waals surface area contributed by atoms with E-state index in [4.69, 9.17) is 14.2 Å². The second kappa shape index (κ2) is 24.6. The van der Waals surface area contributed by atoms with Gasteiger partial charge in [-0.25, -0.2) is 0 Å². The van der Waals surface area contributed by atoms with Crippen molar-refractivity contribution in [1.29, 1.82) is 0 Å². The maximum atomic E-state index is 11.8. The molecule has 0 spiro atoms. The molecule has 39 heavy (non-hydrogen) atoms. The van der Waals surface area contributed by atoms with Crippen LogP contribution in [0.1, 0.15) is 104 Å². The molecule has 6 heteroatoms. The summed E-state index contributed by atoms with van der Waals surface area (Å²) in [5, 5.41) is 9.84. The zero-order valence-electron chi connectivity index (χ0n) is 24.3. The van der Waals surface area contributed by atoms with Crippen molar-refractivity contribution in [3.8, 4) is 0 Å².